The Bertz CT molecular complexity index is 372. The highest BCUT2D eigenvalue weighted by Gasteiger charge is 2.31. The summed E-state index contributed by atoms with van der Waals surface area (Å²) < 4.78 is 5.27. The summed E-state index contributed by atoms with van der Waals surface area (Å²) in [6, 6.07) is 0. The van der Waals surface area contributed by atoms with Crippen molar-refractivity contribution < 1.29 is 14.3 Å². The molecule has 22 heavy (non-hydrogen) atoms. The van der Waals surface area contributed by atoms with E-state index in [2.05, 4.69) is 15.5 Å². The first kappa shape index (κ1) is 17.2. The van der Waals surface area contributed by atoms with Crippen LogP contribution in [-0.4, -0.2) is 69.2 Å². The van der Waals surface area contributed by atoms with Crippen LogP contribution in [0, 0.1) is 11.8 Å². The summed E-state index contributed by atoms with van der Waals surface area (Å²) in [5, 5.41) is 5.58. The van der Waals surface area contributed by atoms with E-state index in [-0.39, 0.29) is 30.2 Å². The van der Waals surface area contributed by atoms with E-state index in [1.807, 2.05) is 0 Å². The Kier molecular flexibility index (Phi) is 7.08. The predicted molar refractivity (Wildman–Crippen MR) is 83.2 cm³/mol. The molecule has 0 radical (unpaired) electrons. The number of carbonyl (C=O) groups excluding carboxylic acids is 2. The highest BCUT2D eigenvalue weighted by molar-refractivity contribution is 5.86. The van der Waals surface area contributed by atoms with Crippen molar-refractivity contribution in [2.24, 2.45) is 17.6 Å². The van der Waals surface area contributed by atoms with Gasteiger partial charge in [-0.1, -0.05) is 6.42 Å². The summed E-state index contributed by atoms with van der Waals surface area (Å²) in [6.45, 7) is 5.36. The number of nitrogens with two attached hydrogens (primary N) is 1. The molecule has 2 atom stereocenters. The average molecular weight is 312 g/mol. The maximum absolute atomic E-state index is 12.1. The molecule has 0 aromatic rings. The number of carbonyl (C=O) groups is 2. The summed E-state index contributed by atoms with van der Waals surface area (Å²) in [7, 11) is 0. The maximum Gasteiger partial charge on any atom is 0.239 e. The Morgan fingerprint density at radius 3 is 2.68 bits per heavy atom. The molecule has 0 spiro atoms. The third-order valence-electron chi connectivity index (χ3n) is 4.58. The van der Waals surface area contributed by atoms with Crippen LogP contribution in [0.25, 0.3) is 0 Å². The van der Waals surface area contributed by atoms with Crippen LogP contribution in [0.5, 0.6) is 0 Å². The second kappa shape index (κ2) is 9.07. The third-order valence-corrected chi connectivity index (χ3v) is 4.58. The molecular formula is C15H28N4O3. The summed E-state index contributed by atoms with van der Waals surface area (Å²) in [6.07, 6.45) is 2.94. The van der Waals surface area contributed by atoms with Gasteiger partial charge in [0.15, 0.2) is 0 Å². The van der Waals surface area contributed by atoms with Gasteiger partial charge >= 0.3 is 0 Å². The van der Waals surface area contributed by atoms with Crippen molar-refractivity contribution in [1.82, 2.24) is 15.5 Å². The van der Waals surface area contributed by atoms with Crippen molar-refractivity contribution in [3.8, 4) is 0 Å². The summed E-state index contributed by atoms with van der Waals surface area (Å²) in [5.41, 5.74) is 5.68. The van der Waals surface area contributed by atoms with Crippen LogP contribution in [0.2, 0.25) is 0 Å². The van der Waals surface area contributed by atoms with Crippen molar-refractivity contribution in [3.05, 3.63) is 0 Å². The van der Waals surface area contributed by atoms with E-state index in [1.54, 1.807) is 0 Å². The number of nitrogens with zero attached hydrogens (tertiary/aromatic N) is 1. The fourth-order valence-electron chi connectivity index (χ4n) is 3.20. The Morgan fingerprint density at radius 2 is 1.95 bits per heavy atom. The van der Waals surface area contributed by atoms with Crippen molar-refractivity contribution in [2.75, 3.05) is 52.5 Å². The first-order valence-corrected chi connectivity index (χ1v) is 8.25. The second-order valence-corrected chi connectivity index (χ2v) is 6.05. The highest BCUT2D eigenvalue weighted by Crippen LogP contribution is 2.30. The standard InChI is InChI=1S/C15H28N4O3/c16-10-12-2-1-3-13(12)15(21)18-11-14(20)17-4-5-19-6-8-22-9-7-19/h12-13H,1-11,16H2,(H,17,20)(H,18,21)/t12-,13-/m1/s1. The fourth-order valence-corrected chi connectivity index (χ4v) is 3.20. The first-order chi connectivity index (χ1) is 10.7. The molecule has 2 amide bonds. The van der Waals surface area contributed by atoms with Crippen LogP contribution in [0.4, 0.5) is 0 Å². The van der Waals surface area contributed by atoms with E-state index in [9.17, 15) is 9.59 Å². The summed E-state index contributed by atoms with van der Waals surface area (Å²) in [5.74, 6) is 0.0794. The van der Waals surface area contributed by atoms with Crippen LogP contribution < -0.4 is 16.4 Å². The molecule has 1 saturated carbocycles. The molecule has 2 fully saturated rings. The molecule has 126 valence electrons. The van der Waals surface area contributed by atoms with Gasteiger partial charge in [0.05, 0.1) is 19.8 Å². The molecule has 1 aliphatic heterocycles. The Hall–Kier alpha value is -1.18. The van der Waals surface area contributed by atoms with Crippen molar-refractivity contribution in [3.63, 3.8) is 0 Å². The smallest absolute Gasteiger partial charge is 0.239 e. The highest BCUT2D eigenvalue weighted by atomic mass is 16.5. The first-order valence-electron chi connectivity index (χ1n) is 8.25. The lowest BCUT2D eigenvalue weighted by atomic mass is 9.95. The molecule has 1 heterocycles. The fraction of sp³-hybridized carbons (Fsp3) is 0.867. The maximum atomic E-state index is 12.1. The Morgan fingerprint density at radius 1 is 1.18 bits per heavy atom. The lowest BCUT2D eigenvalue weighted by Crippen LogP contribution is -2.44. The number of hydrogen-bond acceptors (Lipinski definition) is 5. The van der Waals surface area contributed by atoms with Gasteiger partial charge in [-0.25, -0.2) is 0 Å². The van der Waals surface area contributed by atoms with E-state index >= 15 is 0 Å². The van der Waals surface area contributed by atoms with E-state index in [1.165, 1.54) is 0 Å². The molecule has 0 bridgehead atoms. The van der Waals surface area contributed by atoms with Gasteiger partial charge in [-0.2, -0.15) is 0 Å². The monoisotopic (exact) mass is 312 g/mol. The van der Waals surface area contributed by atoms with E-state index < -0.39 is 0 Å². The molecule has 7 heteroatoms. The van der Waals surface area contributed by atoms with Gasteiger partial charge in [-0.3, -0.25) is 14.5 Å². The van der Waals surface area contributed by atoms with E-state index in [0.717, 1.165) is 52.1 Å². The predicted octanol–water partition coefficient (Wildman–Crippen LogP) is -1.07. The molecule has 2 aliphatic rings. The van der Waals surface area contributed by atoms with Crippen LogP contribution in [0.1, 0.15) is 19.3 Å². The molecule has 1 aliphatic carbocycles. The van der Waals surface area contributed by atoms with Crippen LogP contribution in [0.3, 0.4) is 0 Å². The number of morpholine rings is 1. The van der Waals surface area contributed by atoms with Gasteiger partial charge in [-0.05, 0) is 25.3 Å². The Balaban J connectivity index is 1.57. The third kappa shape index (κ3) is 5.23. The van der Waals surface area contributed by atoms with Gasteiger partial charge in [0.1, 0.15) is 0 Å². The number of nitrogens with one attached hydrogen (secondary N) is 2. The SMILES string of the molecule is NC[C@H]1CCC[C@H]1C(=O)NCC(=O)NCCN1CCOCC1. The zero-order chi connectivity index (χ0) is 15.8. The lowest BCUT2D eigenvalue weighted by molar-refractivity contribution is -0.129. The molecule has 0 unspecified atom stereocenters. The van der Waals surface area contributed by atoms with Gasteiger partial charge in [0.25, 0.3) is 0 Å². The number of amides is 2. The normalized spacial score (nSPS) is 25.9. The van der Waals surface area contributed by atoms with E-state index in [0.29, 0.717) is 13.1 Å². The average Bonchev–Trinajstić information content (AvgIpc) is 3.02. The topological polar surface area (TPSA) is 96.7 Å². The minimum absolute atomic E-state index is 0.0221. The second-order valence-electron chi connectivity index (χ2n) is 6.05. The van der Waals surface area contributed by atoms with Crippen LogP contribution >= 0.6 is 0 Å². The lowest BCUT2D eigenvalue weighted by Gasteiger charge is -2.26. The molecule has 1 saturated heterocycles. The quantitative estimate of drug-likeness (QED) is 0.556. The van der Waals surface area contributed by atoms with Crippen LogP contribution in [0.15, 0.2) is 0 Å². The minimum Gasteiger partial charge on any atom is -0.379 e. The van der Waals surface area contributed by atoms with Gasteiger partial charge < -0.3 is 21.1 Å². The molecule has 0 aromatic carbocycles. The summed E-state index contributed by atoms with van der Waals surface area (Å²) in [4.78, 5) is 26.1. The van der Waals surface area contributed by atoms with Crippen LogP contribution in [-0.2, 0) is 14.3 Å². The number of rotatable bonds is 7. The van der Waals surface area contributed by atoms with Gasteiger partial charge in [0.2, 0.25) is 11.8 Å². The molecular weight excluding hydrogens is 284 g/mol. The van der Waals surface area contributed by atoms with Gasteiger partial charge in [0, 0.05) is 32.1 Å². The molecule has 4 N–H and O–H groups in total. The van der Waals surface area contributed by atoms with Crippen molar-refractivity contribution in [2.45, 2.75) is 19.3 Å². The molecule has 0 aromatic heterocycles. The number of hydrogen-bond donors (Lipinski definition) is 3. The summed E-state index contributed by atoms with van der Waals surface area (Å²) >= 11 is 0. The zero-order valence-electron chi connectivity index (χ0n) is 13.2. The van der Waals surface area contributed by atoms with E-state index in [4.69, 9.17) is 10.5 Å². The number of ether oxygens (including phenoxy) is 1. The van der Waals surface area contributed by atoms with Gasteiger partial charge in [-0.15, -0.1) is 0 Å². The zero-order valence-corrected chi connectivity index (χ0v) is 13.2. The Labute approximate surface area is 131 Å². The van der Waals surface area contributed by atoms with Crippen molar-refractivity contribution >= 4 is 11.8 Å². The molecule has 2 rings (SSSR count). The minimum atomic E-state index is -0.135. The molecule has 7 nitrogen and oxygen atoms in total. The largest absolute Gasteiger partial charge is 0.379 e. The van der Waals surface area contributed by atoms with Crippen molar-refractivity contribution in [1.29, 1.82) is 0 Å².